The molecule has 0 aromatic heterocycles. The third-order valence-corrected chi connectivity index (χ3v) is 2.47. The van der Waals surface area contributed by atoms with E-state index >= 15 is 0 Å². The summed E-state index contributed by atoms with van der Waals surface area (Å²) in [6.07, 6.45) is -0.506. The Morgan fingerprint density at radius 3 is 2.81 bits per heavy atom. The summed E-state index contributed by atoms with van der Waals surface area (Å²) in [5.41, 5.74) is 6.72. The van der Waals surface area contributed by atoms with E-state index in [1.807, 2.05) is 30.3 Å². The smallest absolute Gasteiger partial charge is 0.337 e. The van der Waals surface area contributed by atoms with Gasteiger partial charge in [0.1, 0.15) is 6.17 Å². The van der Waals surface area contributed by atoms with Gasteiger partial charge in [0, 0.05) is 6.42 Å². The van der Waals surface area contributed by atoms with Crippen LogP contribution < -0.4 is 10.8 Å². The molecule has 16 heavy (non-hydrogen) atoms. The van der Waals surface area contributed by atoms with Crippen molar-refractivity contribution in [2.24, 2.45) is 5.73 Å². The van der Waals surface area contributed by atoms with Crippen LogP contribution in [0.25, 0.3) is 0 Å². The summed E-state index contributed by atoms with van der Waals surface area (Å²) in [5, 5.41) is 1.54. The molecule has 0 spiro atoms. The van der Waals surface area contributed by atoms with Crippen LogP contribution in [0.15, 0.2) is 30.3 Å². The van der Waals surface area contributed by atoms with Gasteiger partial charge >= 0.3 is 5.97 Å². The Labute approximate surface area is 93.7 Å². The first-order valence-electron chi connectivity index (χ1n) is 5.07. The Balaban J connectivity index is 2.11. The molecule has 1 saturated heterocycles. The lowest BCUT2D eigenvalue weighted by atomic mass is 10.2. The highest BCUT2D eigenvalue weighted by atomic mass is 16.7. The molecule has 0 saturated carbocycles. The highest BCUT2D eigenvalue weighted by Crippen LogP contribution is 2.25. The number of hydrogen-bond donors (Lipinski definition) is 1. The van der Waals surface area contributed by atoms with Crippen molar-refractivity contribution in [1.29, 1.82) is 0 Å². The quantitative estimate of drug-likeness (QED) is 0.744. The van der Waals surface area contributed by atoms with Crippen LogP contribution in [0.1, 0.15) is 6.42 Å². The zero-order chi connectivity index (χ0) is 11.5. The summed E-state index contributed by atoms with van der Waals surface area (Å²) < 4.78 is 4.62. The van der Waals surface area contributed by atoms with Gasteiger partial charge in [0.05, 0.1) is 12.8 Å². The minimum Gasteiger partial charge on any atom is -0.467 e. The second-order valence-electron chi connectivity index (χ2n) is 3.58. The van der Waals surface area contributed by atoms with Gasteiger partial charge in [-0.1, -0.05) is 18.2 Å². The predicted octanol–water partition coefficient (Wildman–Crippen LogP) is 0.655. The third kappa shape index (κ3) is 2.00. The second kappa shape index (κ2) is 4.51. The van der Waals surface area contributed by atoms with Crippen molar-refractivity contribution in [2.45, 2.75) is 18.7 Å². The van der Waals surface area contributed by atoms with Crippen molar-refractivity contribution in [2.75, 3.05) is 12.2 Å². The van der Waals surface area contributed by atoms with Crippen LogP contribution in [0.3, 0.4) is 0 Å². The first kappa shape index (κ1) is 10.9. The second-order valence-corrected chi connectivity index (χ2v) is 3.58. The summed E-state index contributed by atoms with van der Waals surface area (Å²) in [4.78, 5) is 16.8. The number of methoxy groups -OCH3 is 1. The van der Waals surface area contributed by atoms with Crippen molar-refractivity contribution < 1.29 is 14.4 Å². The van der Waals surface area contributed by atoms with E-state index in [4.69, 9.17) is 10.6 Å². The molecule has 86 valence electrons. The van der Waals surface area contributed by atoms with E-state index in [1.165, 1.54) is 7.11 Å². The maximum atomic E-state index is 11.3. The summed E-state index contributed by atoms with van der Waals surface area (Å²) in [6.45, 7) is 0. The first-order valence-corrected chi connectivity index (χ1v) is 5.07. The van der Waals surface area contributed by atoms with E-state index in [0.29, 0.717) is 6.42 Å². The zero-order valence-corrected chi connectivity index (χ0v) is 9.00. The molecule has 1 fully saturated rings. The number of rotatable bonds is 2. The maximum Gasteiger partial charge on any atom is 0.337 e. The van der Waals surface area contributed by atoms with Gasteiger partial charge < -0.3 is 10.5 Å². The van der Waals surface area contributed by atoms with Gasteiger partial charge in [-0.2, -0.15) is 0 Å². The number of esters is 1. The van der Waals surface area contributed by atoms with E-state index in [9.17, 15) is 4.79 Å². The van der Waals surface area contributed by atoms with E-state index in [0.717, 1.165) is 5.69 Å². The fourth-order valence-corrected chi connectivity index (χ4v) is 1.67. The summed E-state index contributed by atoms with van der Waals surface area (Å²) >= 11 is 0. The number of hydroxylamine groups is 1. The number of hydrogen-bond acceptors (Lipinski definition) is 5. The molecule has 0 radical (unpaired) electrons. The lowest BCUT2D eigenvalue weighted by Gasteiger charge is -2.21. The molecule has 1 aliphatic heterocycles. The van der Waals surface area contributed by atoms with Crippen LogP contribution in [0.4, 0.5) is 5.69 Å². The lowest BCUT2D eigenvalue weighted by Crippen LogP contribution is -2.35. The van der Waals surface area contributed by atoms with Crippen molar-refractivity contribution in [3.63, 3.8) is 0 Å². The van der Waals surface area contributed by atoms with Crippen molar-refractivity contribution in [3.05, 3.63) is 30.3 Å². The van der Waals surface area contributed by atoms with Gasteiger partial charge in [-0.15, -0.1) is 0 Å². The van der Waals surface area contributed by atoms with Crippen LogP contribution in [-0.2, 0) is 14.4 Å². The fourth-order valence-electron chi connectivity index (χ4n) is 1.67. The number of nitrogens with two attached hydrogens (primary N) is 1. The number of benzene rings is 1. The number of carbonyl (C=O) groups excluding carboxylic acids is 1. The highest BCUT2D eigenvalue weighted by Gasteiger charge is 2.36. The molecule has 1 heterocycles. The van der Waals surface area contributed by atoms with E-state index in [-0.39, 0.29) is 6.17 Å². The van der Waals surface area contributed by atoms with Gasteiger partial charge in [-0.3, -0.25) is 4.84 Å². The molecule has 2 atom stereocenters. The Morgan fingerprint density at radius 1 is 1.50 bits per heavy atom. The summed E-state index contributed by atoms with van der Waals surface area (Å²) in [5.74, 6) is -0.395. The first-order chi connectivity index (χ1) is 7.72. The highest BCUT2D eigenvalue weighted by molar-refractivity contribution is 5.75. The number of ether oxygens (including phenoxy) is 1. The Hall–Kier alpha value is -1.59. The molecule has 5 heteroatoms. The molecule has 2 N–H and O–H groups in total. The number of para-hydroxylation sites is 1. The summed E-state index contributed by atoms with van der Waals surface area (Å²) in [6, 6.07) is 9.43. The normalized spacial score (nSPS) is 24.5. The Morgan fingerprint density at radius 2 is 2.19 bits per heavy atom. The van der Waals surface area contributed by atoms with E-state index in [2.05, 4.69) is 4.74 Å². The maximum absolute atomic E-state index is 11.3. The van der Waals surface area contributed by atoms with Crippen molar-refractivity contribution in [3.8, 4) is 0 Å². The van der Waals surface area contributed by atoms with Crippen molar-refractivity contribution >= 4 is 11.7 Å². The van der Waals surface area contributed by atoms with Crippen LogP contribution in [-0.4, -0.2) is 25.3 Å². The van der Waals surface area contributed by atoms with E-state index < -0.39 is 12.1 Å². The SMILES string of the molecule is COC(=O)[C@H]1C[C@@H](N)N(c2ccccc2)O1. The average molecular weight is 222 g/mol. The van der Waals surface area contributed by atoms with Crippen LogP contribution in [0.2, 0.25) is 0 Å². The molecule has 0 aliphatic carbocycles. The third-order valence-electron chi connectivity index (χ3n) is 2.47. The molecule has 1 aliphatic rings. The minimum atomic E-state index is -0.611. The molecule has 1 aromatic carbocycles. The Kier molecular flexibility index (Phi) is 3.07. The van der Waals surface area contributed by atoms with Crippen molar-refractivity contribution in [1.82, 2.24) is 0 Å². The van der Waals surface area contributed by atoms with E-state index in [1.54, 1.807) is 5.06 Å². The van der Waals surface area contributed by atoms with Crippen LogP contribution in [0.5, 0.6) is 0 Å². The van der Waals surface area contributed by atoms with Gasteiger partial charge in [0.25, 0.3) is 0 Å². The zero-order valence-electron chi connectivity index (χ0n) is 9.00. The standard InChI is InChI=1S/C11H14N2O3/c1-15-11(14)9-7-10(12)13(16-9)8-5-3-2-4-6-8/h2-6,9-10H,7,12H2,1H3/t9-,10+/m1/s1. The molecule has 2 rings (SSSR count). The average Bonchev–Trinajstić information content (AvgIpc) is 2.71. The topological polar surface area (TPSA) is 64.8 Å². The fraction of sp³-hybridized carbons (Fsp3) is 0.364. The Bertz CT molecular complexity index is 369. The molecule has 1 aromatic rings. The minimum absolute atomic E-state index is 0.327. The van der Waals surface area contributed by atoms with Gasteiger partial charge in [0.15, 0.2) is 6.10 Å². The number of carbonyl (C=O) groups is 1. The van der Waals surface area contributed by atoms with Gasteiger partial charge in [-0.05, 0) is 12.1 Å². The lowest BCUT2D eigenvalue weighted by molar-refractivity contribution is -0.151. The van der Waals surface area contributed by atoms with Gasteiger partial charge in [0.2, 0.25) is 0 Å². The molecule has 0 unspecified atom stereocenters. The largest absolute Gasteiger partial charge is 0.467 e. The summed E-state index contributed by atoms with van der Waals surface area (Å²) in [7, 11) is 1.34. The number of anilines is 1. The molecular weight excluding hydrogens is 208 g/mol. The van der Waals surface area contributed by atoms with Crippen LogP contribution in [0, 0.1) is 0 Å². The molecule has 0 amide bonds. The monoisotopic (exact) mass is 222 g/mol. The molecule has 0 bridgehead atoms. The number of nitrogens with zero attached hydrogens (tertiary/aromatic N) is 1. The molecule has 5 nitrogen and oxygen atoms in total. The predicted molar refractivity (Wildman–Crippen MR) is 58.4 cm³/mol. The molecular formula is C11H14N2O3. The van der Waals surface area contributed by atoms with Gasteiger partial charge in [-0.25, -0.2) is 9.86 Å². The van der Waals surface area contributed by atoms with Crippen LogP contribution >= 0.6 is 0 Å².